The third-order valence-electron chi connectivity index (χ3n) is 4.67. The van der Waals surface area contributed by atoms with Crippen molar-refractivity contribution in [3.8, 4) is 0 Å². The first-order valence-electron chi connectivity index (χ1n) is 9.74. The first-order valence-corrected chi connectivity index (χ1v) is 11.0. The average molecular weight is 399 g/mol. The minimum absolute atomic E-state index is 0.771. The molecule has 0 saturated carbocycles. The molecule has 2 heterocycles. The van der Waals surface area contributed by atoms with Crippen LogP contribution in [0, 0.1) is 0 Å². The lowest BCUT2D eigenvalue weighted by atomic mass is 10.2. The molecular formula is C23H27ClN2S. The predicted molar refractivity (Wildman–Crippen MR) is 118 cm³/mol. The van der Waals surface area contributed by atoms with E-state index in [1.807, 2.05) is 35.7 Å². The number of unbranched alkanes of at least 4 members (excludes halogenated alkanes) is 2. The van der Waals surface area contributed by atoms with Crippen molar-refractivity contribution in [2.45, 2.75) is 52.0 Å². The first kappa shape index (κ1) is 19.9. The molecule has 0 atom stereocenters. The Kier molecular flexibility index (Phi) is 7.73. The Morgan fingerprint density at radius 1 is 1.11 bits per heavy atom. The zero-order valence-corrected chi connectivity index (χ0v) is 17.5. The van der Waals surface area contributed by atoms with E-state index in [0.717, 1.165) is 54.3 Å². The van der Waals surface area contributed by atoms with Crippen molar-refractivity contribution in [2.75, 3.05) is 0 Å². The van der Waals surface area contributed by atoms with Crippen LogP contribution in [0.2, 0.25) is 5.02 Å². The monoisotopic (exact) mass is 398 g/mol. The molecule has 2 aromatic heterocycles. The summed E-state index contributed by atoms with van der Waals surface area (Å²) < 4.78 is 2.31. The Morgan fingerprint density at radius 2 is 2.00 bits per heavy atom. The van der Waals surface area contributed by atoms with Crippen LogP contribution in [-0.4, -0.2) is 9.55 Å². The van der Waals surface area contributed by atoms with Gasteiger partial charge in [-0.3, -0.25) is 0 Å². The second-order valence-corrected chi connectivity index (χ2v) is 8.19. The Morgan fingerprint density at radius 3 is 2.78 bits per heavy atom. The number of nitrogens with zero attached hydrogens (tertiary/aromatic N) is 2. The van der Waals surface area contributed by atoms with E-state index in [-0.39, 0.29) is 0 Å². The summed E-state index contributed by atoms with van der Waals surface area (Å²) in [4.78, 5) is 6.16. The average Bonchev–Trinajstić information content (AvgIpc) is 3.32. The molecule has 0 saturated heterocycles. The Bertz CT molecular complexity index is 849. The van der Waals surface area contributed by atoms with Gasteiger partial charge in [-0.25, -0.2) is 4.98 Å². The van der Waals surface area contributed by atoms with Crippen molar-refractivity contribution in [3.63, 3.8) is 0 Å². The predicted octanol–water partition coefficient (Wildman–Crippen LogP) is 7.03. The van der Waals surface area contributed by atoms with Crippen LogP contribution in [0.4, 0.5) is 0 Å². The number of halogens is 1. The third-order valence-corrected chi connectivity index (χ3v) is 5.98. The normalized spacial score (nSPS) is 11.5. The molecule has 0 aliphatic rings. The van der Waals surface area contributed by atoms with Gasteiger partial charge in [0.05, 0.1) is 18.4 Å². The van der Waals surface area contributed by atoms with Gasteiger partial charge in [0.25, 0.3) is 0 Å². The fourth-order valence-electron chi connectivity index (χ4n) is 3.13. The number of hydrogen-bond donors (Lipinski definition) is 0. The number of hydrogen-bond acceptors (Lipinski definition) is 2. The second-order valence-electron chi connectivity index (χ2n) is 6.75. The van der Waals surface area contributed by atoms with Gasteiger partial charge < -0.3 is 4.57 Å². The highest BCUT2D eigenvalue weighted by Crippen LogP contribution is 2.20. The molecule has 0 aliphatic heterocycles. The highest BCUT2D eigenvalue weighted by Gasteiger charge is 2.10. The van der Waals surface area contributed by atoms with Gasteiger partial charge in [-0.1, -0.05) is 55.3 Å². The van der Waals surface area contributed by atoms with Crippen LogP contribution in [0.1, 0.15) is 54.6 Å². The van der Waals surface area contributed by atoms with Gasteiger partial charge in [-0.15, -0.1) is 11.3 Å². The van der Waals surface area contributed by atoms with Crippen LogP contribution in [0.5, 0.6) is 0 Å². The first-order chi connectivity index (χ1) is 13.3. The molecule has 0 N–H and O–H groups in total. The highest BCUT2D eigenvalue weighted by molar-refractivity contribution is 7.09. The molecule has 0 unspecified atom stereocenters. The Hall–Kier alpha value is -1.84. The largest absolute Gasteiger partial charge is 0.324 e. The van der Waals surface area contributed by atoms with Gasteiger partial charge in [-0.05, 0) is 54.8 Å². The summed E-state index contributed by atoms with van der Waals surface area (Å²) in [5.74, 6) is 1.15. The fraction of sp³-hybridized carbons (Fsp3) is 0.348. The zero-order chi connectivity index (χ0) is 18.9. The van der Waals surface area contributed by atoms with E-state index in [0.29, 0.717) is 0 Å². The van der Waals surface area contributed by atoms with Crippen molar-refractivity contribution in [3.05, 3.63) is 81.0 Å². The van der Waals surface area contributed by atoms with Crippen LogP contribution in [0.3, 0.4) is 0 Å². The molecule has 1 aromatic carbocycles. The summed E-state index contributed by atoms with van der Waals surface area (Å²) in [6.45, 7) is 2.99. The molecule has 2 nitrogen and oxygen atoms in total. The van der Waals surface area contributed by atoms with Gasteiger partial charge >= 0.3 is 0 Å². The van der Waals surface area contributed by atoms with E-state index in [9.17, 15) is 0 Å². The summed E-state index contributed by atoms with van der Waals surface area (Å²) in [6.07, 6.45) is 13.2. The summed E-state index contributed by atoms with van der Waals surface area (Å²) >= 11 is 8.24. The molecular weight excluding hydrogens is 372 g/mol. The molecule has 0 bridgehead atoms. The van der Waals surface area contributed by atoms with E-state index >= 15 is 0 Å². The minimum atomic E-state index is 0.771. The van der Waals surface area contributed by atoms with Gasteiger partial charge in [0.15, 0.2) is 0 Å². The van der Waals surface area contributed by atoms with Gasteiger partial charge in [0.1, 0.15) is 5.82 Å². The van der Waals surface area contributed by atoms with Crippen molar-refractivity contribution in [2.24, 2.45) is 0 Å². The second kappa shape index (κ2) is 10.5. The van der Waals surface area contributed by atoms with E-state index in [1.54, 1.807) is 0 Å². The lowest BCUT2D eigenvalue weighted by Crippen LogP contribution is -2.07. The summed E-state index contributed by atoms with van der Waals surface area (Å²) in [7, 11) is 0. The number of imidazole rings is 1. The number of aromatic nitrogens is 2. The van der Waals surface area contributed by atoms with Gasteiger partial charge in [-0.2, -0.15) is 0 Å². The highest BCUT2D eigenvalue weighted by atomic mass is 35.5. The summed E-state index contributed by atoms with van der Waals surface area (Å²) in [5, 5.41) is 2.97. The van der Waals surface area contributed by atoms with Crippen LogP contribution in [-0.2, 0) is 19.4 Å². The molecule has 27 heavy (non-hydrogen) atoms. The molecule has 4 heteroatoms. The fourth-order valence-corrected chi connectivity index (χ4v) is 4.08. The summed E-state index contributed by atoms with van der Waals surface area (Å²) in [6, 6.07) is 12.4. The lowest BCUT2D eigenvalue weighted by Gasteiger charge is -2.12. The molecule has 3 aromatic rings. The number of thiophene rings is 1. The molecule has 0 radical (unpaired) electrons. The van der Waals surface area contributed by atoms with Crippen LogP contribution in [0.25, 0.3) is 6.08 Å². The molecule has 0 spiro atoms. The van der Waals surface area contributed by atoms with Crippen molar-refractivity contribution >= 4 is 29.0 Å². The third kappa shape index (κ3) is 5.82. The van der Waals surface area contributed by atoms with Gasteiger partial charge in [0, 0.05) is 16.3 Å². The number of rotatable bonds is 10. The molecule has 0 aliphatic carbocycles. The number of benzene rings is 1. The van der Waals surface area contributed by atoms with Crippen molar-refractivity contribution < 1.29 is 0 Å². The molecule has 142 valence electrons. The quantitative estimate of drug-likeness (QED) is 0.335. The lowest BCUT2D eigenvalue weighted by molar-refractivity contribution is 0.675. The van der Waals surface area contributed by atoms with Crippen molar-refractivity contribution in [1.29, 1.82) is 0 Å². The molecule has 0 amide bonds. The maximum Gasteiger partial charge on any atom is 0.109 e. The minimum Gasteiger partial charge on any atom is -0.324 e. The number of aryl methyl sites for hydroxylation is 2. The Balaban J connectivity index is 1.68. The maximum absolute atomic E-state index is 6.39. The van der Waals surface area contributed by atoms with E-state index in [4.69, 9.17) is 11.6 Å². The van der Waals surface area contributed by atoms with Gasteiger partial charge in [0.2, 0.25) is 0 Å². The van der Waals surface area contributed by atoms with Crippen LogP contribution < -0.4 is 0 Å². The molecule has 0 fully saturated rings. The van der Waals surface area contributed by atoms with E-state index in [1.165, 1.54) is 17.7 Å². The van der Waals surface area contributed by atoms with Crippen molar-refractivity contribution in [1.82, 2.24) is 9.55 Å². The topological polar surface area (TPSA) is 17.8 Å². The SMILES string of the molecule is CCCCc1ncc(C=CCCCc2cccs2)n1Cc1ccccc1Cl. The molecule has 3 rings (SSSR count). The Labute approximate surface area is 171 Å². The number of allylic oxidation sites excluding steroid dienone is 1. The summed E-state index contributed by atoms with van der Waals surface area (Å²) in [5.41, 5.74) is 2.31. The van der Waals surface area contributed by atoms with E-state index in [2.05, 4.69) is 52.2 Å². The van der Waals surface area contributed by atoms with E-state index < -0.39 is 0 Å². The standard InChI is InChI=1S/C23H27ClN2S/c1-2-3-15-23-25-17-20(11-5-4-6-12-21-13-9-16-27-21)26(23)18-19-10-7-8-14-22(19)24/h5,7-11,13-14,16-17H,2-4,6,12,15,18H2,1H3. The zero-order valence-electron chi connectivity index (χ0n) is 15.9. The smallest absolute Gasteiger partial charge is 0.109 e. The maximum atomic E-state index is 6.39. The van der Waals surface area contributed by atoms with Crippen LogP contribution in [0.15, 0.2) is 54.1 Å². The van der Waals surface area contributed by atoms with Crippen LogP contribution >= 0.6 is 22.9 Å².